The number of amides is 2. The van der Waals surface area contributed by atoms with Gasteiger partial charge in [-0.1, -0.05) is 48.5 Å². The smallest absolute Gasteiger partial charge is 0.264 e. The predicted octanol–water partition coefficient (Wildman–Crippen LogP) is 2.66. The lowest BCUT2D eigenvalue weighted by molar-refractivity contribution is -0.143. The van der Waals surface area contributed by atoms with Crippen LogP contribution in [-0.4, -0.2) is 60.1 Å². The second-order valence-corrected chi connectivity index (χ2v) is 8.80. The molecule has 5 rings (SSSR count). The second-order valence-electron chi connectivity index (χ2n) is 8.80. The molecule has 2 amide bonds. The largest absolute Gasteiger partial charge is 0.480 e. The van der Waals surface area contributed by atoms with Crippen molar-refractivity contribution >= 4 is 11.8 Å². The van der Waals surface area contributed by atoms with Gasteiger partial charge in [-0.05, 0) is 36.0 Å². The van der Waals surface area contributed by atoms with Crippen molar-refractivity contribution in [3.63, 3.8) is 0 Å². The zero-order valence-electron chi connectivity index (χ0n) is 17.6. The van der Waals surface area contributed by atoms with Crippen LogP contribution in [0.2, 0.25) is 0 Å². The van der Waals surface area contributed by atoms with Crippen LogP contribution in [0.4, 0.5) is 0 Å². The van der Waals surface area contributed by atoms with Crippen LogP contribution in [0.5, 0.6) is 5.75 Å². The van der Waals surface area contributed by atoms with E-state index in [-0.39, 0.29) is 24.5 Å². The van der Waals surface area contributed by atoms with Crippen LogP contribution in [-0.2, 0) is 27.3 Å². The van der Waals surface area contributed by atoms with Crippen LogP contribution in [0.15, 0.2) is 54.6 Å². The molecule has 2 aliphatic heterocycles. The number of hydrogen-bond donors (Lipinski definition) is 0. The highest BCUT2D eigenvalue weighted by atomic mass is 16.5. The Morgan fingerprint density at radius 2 is 1.81 bits per heavy atom. The lowest BCUT2D eigenvalue weighted by atomic mass is 10.1. The number of fused-ring (bicyclic) bond motifs is 1. The maximum atomic E-state index is 13.3. The third-order valence-electron chi connectivity index (χ3n) is 6.24. The van der Waals surface area contributed by atoms with Crippen LogP contribution in [0.3, 0.4) is 0 Å². The van der Waals surface area contributed by atoms with Crippen molar-refractivity contribution in [3.05, 3.63) is 65.7 Å². The van der Waals surface area contributed by atoms with E-state index in [1.54, 1.807) is 4.90 Å². The molecular weight excluding hydrogens is 392 g/mol. The first kappa shape index (κ1) is 20.1. The molecule has 0 spiro atoms. The van der Waals surface area contributed by atoms with E-state index in [2.05, 4.69) is 0 Å². The normalized spacial score (nSPS) is 23.3. The lowest BCUT2D eigenvalue weighted by Crippen LogP contribution is -2.46. The Morgan fingerprint density at radius 3 is 2.58 bits per heavy atom. The van der Waals surface area contributed by atoms with E-state index in [9.17, 15) is 9.59 Å². The molecule has 0 N–H and O–H groups in total. The number of carbonyl (C=O) groups excluding carboxylic acids is 2. The van der Waals surface area contributed by atoms with Crippen molar-refractivity contribution in [3.8, 4) is 5.75 Å². The molecule has 1 saturated carbocycles. The van der Waals surface area contributed by atoms with E-state index >= 15 is 0 Å². The first-order valence-electron chi connectivity index (χ1n) is 11.1. The highest BCUT2D eigenvalue weighted by molar-refractivity contribution is 5.88. The molecule has 31 heavy (non-hydrogen) atoms. The van der Waals surface area contributed by atoms with E-state index in [1.165, 1.54) is 12.8 Å². The number of hydrogen-bond acceptors (Lipinski definition) is 4. The van der Waals surface area contributed by atoms with Crippen molar-refractivity contribution in [2.45, 2.75) is 38.0 Å². The second kappa shape index (κ2) is 8.71. The molecule has 162 valence electrons. The standard InChI is InChI=1S/C25H28N2O4/c28-24-16-27(25(29)23-12-20-8-4-5-9-22(20)31-23)15-21(30-17-19-10-11-19)14-26(24)13-18-6-2-1-3-7-18/h1-9,19,21,23H,10-17H2/t21-,23-/m0/s1. The number of benzene rings is 2. The zero-order chi connectivity index (χ0) is 21.2. The highest BCUT2D eigenvalue weighted by Crippen LogP contribution is 2.31. The molecular formula is C25H28N2O4. The molecule has 0 radical (unpaired) electrons. The Hall–Kier alpha value is -2.86. The molecule has 2 atom stereocenters. The minimum absolute atomic E-state index is 0.0507. The quantitative estimate of drug-likeness (QED) is 0.721. The molecule has 2 heterocycles. The Morgan fingerprint density at radius 1 is 1.03 bits per heavy atom. The fourth-order valence-electron chi connectivity index (χ4n) is 4.29. The molecule has 0 unspecified atom stereocenters. The fourth-order valence-corrected chi connectivity index (χ4v) is 4.29. The van der Waals surface area contributed by atoms with Crippen molar-refractivity contribution in [1.29, 1.82) is 0 Å². The van der Waals surface area contributed by atoms with Gasteiger partial charge in [0.15, 0.2) is 6.10 Å². The molecule has 2 fully saturated rings. The van der Waals surface area contributed by atoms with Crippen LogP contribution in [0.1, 0.15) is 24.0 Å². The average molecular weight is 421 g/mol. The summed E-state index contributed by atoms with van der Waals surface area (Å²) in [6.45, 7) is 2.20. The minimum atomic E-state index is -0.574. The molecule has 0 aromatic heterocycles. The number of ether oxygens (including phenoxy) is 2. The van der Waals surface area contributed by atoms with Crippen LogP contribution in [0.25, 0.3) is 0 Å². The van der Waals surface area contributed by atoms with Gasteiger partial charge in [-0.15, -0.1) is 0 Å². The van der Waals surface area contributed by atoms with Gasteiger partial charge < -0.3 is 19.3 Å². The fraction of sp³-hybridized carbons (Fsp3) is 0.440. The maximum absolute atomic E-state index is 13.3. The Bertz CT molecular complexity index is 919. The topological polar surface area (TPSA) is 59.1 Å². The van der Waals surface area contributed by atoms with Crippen LogP contribution >= 0.6 is 0 Å². The molecule has 2 aromatic rings. The summed E-state index contributed by atoms with van der Waals surface area (Å²) in [6, 6.07) is 17.7. The van der Waals surface area contributed by atoms with E-state index in [4.69, 9.17) is 9.47 Å². The zero-order valence-corrected chi connectivity index (χ0v) is 17.6. The van der Waals surface area contributed by atoms with Gasteiger partial charge in [0.25, 0.3) is 5.91 Å². The Balaban J connectivity index is 1.30. The molecule has 6 heteroatoms. The van der Waals surface area contributed by atoms with E-state index < -0.39 is 6.10 Å². The maximum Gasteiger partial charge on any atom is 0.264 e. The Labute approximate surface area is 182 Å². The third-order valence-corrected chi connectivity index (χ3v) is 6.24. The van der Waals surface area contributed by atoms with Crippen molar-refractivity contribution in [1.82, 2.24) is 9.80 Å². The number of carbonyl (C=O) groups is 2. The molecule has 1 aliphatic carbocycles. The van der Waals surface area contributed by atoms with E-state index in [0.29, 0.717) is 38.6 Å². The first-order chi connectivity index (χ1) is 15.2. The summed E-state index contributed by atoms with van der Waals surface area (Å²) >= 11 is 0. The first-order valence-corrected chi connectivity index (χ1v) is 11.1. The van der Waals surface area contributed by atoms with Crippen LogP contribution < -0.4 is 4.74 Å². The predicted molar refractivity (Wildman–Crippen MR) is 115 cm³/mol. The summed E-state index contributed by atoms with van der Waals surface area (Å²) in [6.07, 6.45) is 2.19. The summed E-state index contributed by atoms with van der Waals surface area (Å²) in [5.41, 5.74) is 2.11. The molecule has 1 saturated heterocycles. The Kier molecular flexibility index (Phi) is 5.64. The van der Waals surface area contributed by atoms with Gasteiger partial charge in [-0.3, -0.25) is 9.59 Å². The van der Waals surface area contributed by atoms with E-state index in [1.807, 2.05) is 59.5 Å². The summed E-state index contributed by atoms with van der Waals surface area (Å²) in [5, 5.41) is 0. The SMILES string of the molecule is O=C1CN(C(=O)[C@@H]2Cc3ccccc3O2)C[C@@H](OCC2CC2)CN1Cc1ccccc1. The number of para-hydroxylation sites is 1. The molecule has 2 aromatic carbocycles. The van der Waals surface area contributed by atoms with Crippen molar-refractivity contribution in [2.75, 3.05) is 26.2 Å². The van der Waals surface area contributed by atoms with Gasteiger partial charge in [-0.25, -0.2) is 0 Å². The van der Waals surface area contributed by atoms with Crippen molar-refractivity contribution in [2.24, 2.45) is 5.92 Å². The summed E-state index contributed by atoms with van der Waals surface area (Å²) in [7, 11) is 0. The summed E-state index contributed by atoms with van der Waals surface area (Å²) in [5.74, 6) is 1.20. The van der Waals surface area contributed by atoms with Gasteiger partial charge >= 0.3 is 0 Å². The van der Waals surface area contributed by atoms with Gasteiger partial charge in [0, 0.05) is 32.7 Å². The van der Waals surface area contributed by atoms with Gasteiger partial charge in [-0.2, -0.15) is 0 Å². The number of nitrogens with zero attached hydrogens (tertiary/aromatic N) is 2. The summed E-state index contributed by atoms with van der Waals surface area (Å²) in [4.78, 5) is 29.9. The minimum Gasteiger partial charge on any atom is -0.480 e. The monoisotopic (exact) mass is 420 g/mol. The summed E-state index contributed by atoms with van der Waals surface area (Å²) < 4.78 is 12.1. The number of rotatable bonds is 6. The third kappa shape index (κ3) is 4.74. The highest BCUT2D eigenvalue weighted by Gasteiger charge is 2.37. The average Bonchev–Trinajstić information content (AvgIpc) is 3.54. The lowest BCUT2D eigenvalue weighted by Gasteiger charge is -2.26. The molecule has 3 aliphatic rings. The van der Waals surface area contributed by atoms with Crippen molar-refractivity contribution < 1.29 is 19.1 Å². The molecule has 0 bridgehead atoms. The van der Waals surface area contributed by atoms with Gasteiger partial charge in [0.1, 0.15) is 5.75 Å². The van der Waals surface area contributed by atoms with Gasteiger partial charge in [0.2, 0.25) is 5.91 Å². The van der Waals surface area contributed by atoms with Crippen LogP contribution in [0, 0.1) is 5.92 Å². The van der Waals surface area contributed by atoms with E-state index in [0.717, 1.165) is 16.9 Å². The van der Waals surface area contributed by atoms with Gasteiger partial charge in [0.05, 0.1) is 12.6 Å². The molecule has 6 nitrogen and oxygen atoms in total.